The van der Waals surface area contributed by atoms with Crippen LogP contribution in [0.5, 0.6) is 0 Å². The van der Waals surface area contributed by atoms with Gasteiger partial charge in [0, 0.05) is 10.6 Å². The van der Waals surface area contributed by atoms with Gasteiger partial charge in [0.2, 0.25) is 0 Å². The number of nitrogens with two attached hydrogens (primary N) is 1. The molecule has 0 saturated heterocycles. The molecule has 0 bridgehead atoms. The first-order chi connectivity index (χ1) is 6.97. The van der Waals surface area contributed by atoms with Crippen molar-refractivity contribution >= 4 is 11.6 Å². The minimum absolute atomic E-state index is 0.181. The molecule has 2 unspecified atom stereocenters. The van der Waals surface area contributed by atoms with Gasteiger partial charge in [-0.1, -0.05) is 50.1 Å². The summed E-state index contributed by atoms with van der Waals surface area (Å²) in [7, 11) is 0. The maximum Gasteiger partial charge on any atom is 0.0438 e. The highest BCUT2D eigenvalue weighted by atomic mass is 35.5. The monoisotopic (exact) mass is 225 g/mol. The molecule has 84 valence electrons. The van der Waals surface area contributed by atoms with Crippen LogP contribution < -0.4 is 5.73 Å². The normalized spacial score (nSPS) is 17.1. The maximum absolute atomic E-state index is 6.31. The maximum atomic E-state index is 6.31. The average Bonchev–Trinajstić information content (AvgIpc) is 2.20. The lowest BCUT2D eigenvalue weighted by Crippen LogP contribution is -2.44. The predicted octanol–water partition coefficient (Wildman–Crippen LogP) is 3.65. The number of hydrogen-bond acceptors (Lipinski definition) is 1. The summed E-state index contributed by atoms with van der Waals surface area (Å²) in [5.74, 6) is 0.494. The molecule has 0 aromatic heterocycles. The Hall–Kier alpha value is -0.530. The van der Waals surface area contributed by atoms with Gasteiger partial charge in [0.25, 0.3) is 0 Å². The van der Waals surface area contributed by atoms with Crippen molar-refractivity contribution in [3.8, 4) is 0 Å². The number of benzene rings is 1. The van der Waals surface area contributed by atoms with Crippen molar-refractivity contribution in [3.63, 3.8) is 0 Å². The van der Waals surface area contributed by atoms with Crippen molar-refractivity contribution < 1.29 is 0 Å². The standard InChI is InChI=1S/C13H20ClN/c1-4-10(2)13(3,15)9-11-7-5-6-8-12(11)14/h5-8,10H,4,9,15H2,1-3H3. The molecule has 1 aromatic carbocycles. The van der Waals surface area contributed by atoms with Gasteiger partial charge in [0.15, 0.2) is 0 Å². The van der Waals surface area contributed by atoms with Crippen molar-refractivity contribution in [1.29, 1.82) is 0 Å². The first-order valence-electron chi connectivity index (χ1n) is 5.49. The van der Waals surface area contributed by atoms with Crippen molar-refractivity contribution in [2.75, 3.05) is 0 Å². The van der Waals surface area contributed by atoms with E-state index in [4.69, 9.17) is 17.3 Å². The Labute approximate surface area is 97.6 Å². The quantitative estimate of drug-likeness (QED) is 0.832. The third-order valence-corrected chi connectivity index (χ3v) is 3.64. The molecule has 0 spiro atoms. The van der Waals surface area contributed by atoms with E-state index in [0.29, 0.717) is 5.92 Å². The van der Waals surface area contributed by atoms with Crippen molar-refractivity contribution in [3.05, 3.63) is 34.9 Å². The predicted molar refractivity (Wildman–Crippen MR) is 67.2 cm³/mol. The summed E-state index contributed by atoms with van der Waals surface area (Å²) in [5, 5.41) is 0.817. The Bertz CT molecular complexity index is 320. The van der Waals surface area contributed by atoms with E-state index in [1.165, 1.54) is 0 Å². The zero-order chi connectivity index (χ0) is 11.5. The molecule has 0 radical (unpaired) electrons. The first-order valence-corrected chi connectivity index (χ1v) is 5.87. The van der Waals surface area contributed by atoms with Crippen LogP contribution in [0.15, 0.2) is 24.3 Å². The van der Waals surface area contributed by atoms with Crippen LogP contribution in [0.4, 0.5) is 0 Å². The summed E-state index contributed by atoms with van der Waals surface area (Å²) < 4.78 is 0. The minimum Gasteiger partial charge on any atom is -0.325 e. The first kappa shape index (κ1) is 12.5. The molecule has 0 heterocycles. The van der Waals surface area contributed by atoms with Gasteiger partial charge >= 0.3 is 0 Å². The molecular weight excluding hydrogens is 206 g/mol. The van der Waals surface area contributed by atoms with Crippen molar-refractivity contribution in [2.45, 2.75) is 39.2 Å². The molecule has 0 aliphatic heterocycles. The second kappa shape index (κ2) is 5.00. The molecule has 2 heteroatoms. The van der Waals surface area contributed by atoms with Crippen LogP contribution in [0.25, 0.3) is 0 Å². The average molecular weight is 226 g/mol. The highest BCUT2D eigenvalue weighted by Gasteiger charge is 2.25. The van der Waals surface area contributed by atoms with Gasteiger partial charge < -0.3 is 5.73 Å². The lowest BCUT2D eigenvalue weighted by molar-refractivity contribution is 0.306. The minimum atomic E-state index is -0.181. The fourth-order valence-corrected chi connectivity index (χ4v) is 1.90. The van der Waals surface area contributed by atoms with E-state index in [0.717, 1.165) is 23.4 Å². The van der Waals surface area contributed by atoms with E-state index in [9.17, 15) is 0 Å². The van der Waals surface area contributed by atoms with Crippen molar-refractivity contribution in [1.82, 2.24) is 0 Å². The van der Waals surface area contributed by atoms with Gasteiger partial charge in [-0.15, -0.1) is 0 Å². The molecule has 0 aliphatic rings. The summed E-state index contributed by atoms with van der Waals surface area (Å²) in [6.45, 7) is 6.46. The van der Waals surface area contributed by atoms with Gasteiger partial charge in [0.1, 0.15) is 0 Å². The lowest BCUT2D eigenvalue weighted by atomic mass is 9.81. The zero-order valence-electron chi connectivity index (χ0n) is 9.76. The Balaban J connectivity index is 2.81. The SMILES string of the molecule is CCC(C)C(C)(N)Cc1ccccc1Cl. The van der Waals surface area contributed by atoms with Crippen LogP contribution in [-0.4, -0.2) is 5.54 Å². The Kier molecular flexibility index (Phi) is 4.18. The summed E-state index contributed by atoms with van der Waals surface area (Å²) in [4.78, 5) is 0. The Morgan fingerprint density at radius 2 is 2.00 bits per heavy atom. The van der Waals surface area contributed by atoms with E-state index in [1.54, 1.807) is 0 Å². The molecule has 2 N–H and O–H groups in total. The number of rotatable bonds is 4. The molecule has 15 heavy (non-hydrogen) atoms. The van der Waals surface area contributed by atoms with E-state index in [-0.39, 0.29) is 5.54 Å². The Morgan fingerprint density at radius 3 is 2.53 bits per heavy atom. The third-order valence-electron chi connectivity index (χ3n) is 3.27. The molecule has 0 amide bonds. The van der Waals surface area contributed by atoms with Gasteiger partial charge in [-0.25, -0.2) is 0 Å². The van der Waals surface area contributed by atoms with Gasteiger partial charge in [-0.05, 0) is 30.9 Å². The number of halogens is 1. The van der Waals surface area contributed by atoms with Crippen LogP contribution in [0, 0.1) is 5.92 Å². The Morgan fingerprint density at radius 1 is 1.40 bits per heavy atom. The second-order valence-corrected chi connectivity index (χ2v) is 4.99. The highest BCUT2D eigenvalue weighted by Crippen LogP contribution is 2.25. The van der Waals surface area contributed by atoms with Gasteiger partial charge in [0.05, 0.1) is 0 Å². The topological polar surface area (TPSA) is 26.0 Å². The van der Waals surface area contributed by atoms with Gasteiger partial charge in [-0.2, -0.15) is 0 Å². The molecule has 1 rings (SSSR count). The summed E-state index contributed by atoms with van der Waals surface area (Å²) in [6, 6.07) is 7.93. The second-order valence-electron chi connectivity index (χ2n) is 4.58. The third kappa shape index (κ3) is 3.22. The summed E-state index contributed by atoms with van der Waals surface area (Å²) in [6.07, 6.45) is 1.93. The molecule has 0 aliphatic carbocycles. The van der Waals surface area contributed by atoms with Crippen LogP contribution in [-0.2, 0) is 6.42 Å². The van der Waals surface area contributed by atoms with E-state index >= 15 is 0 Å². The molecular formula is C13H20ClN. The molecule has 0 fully saturated rings. The van der Waals surface area contributed by atoms with Gasteiger partial charge in [-0.3, -0.25) is 0 Å². The fraction of sp³-hybridized carbons (Fsp3) is 0.538. The zero-order valence-corrected chi connectivity index (χ0v) is 10.5. The smallest absolute Gasteiger partial charge is 0.0438 e. The molecule has 2 atom stereocenters. The van der Waals surface area contributed by atoms with Crippen LogP contribution in [0.2, 0.25) is 5.02 Å². The molecule has 1 nitrogen and oxygen atoms in total. The molecule has 1 aromatic rings. The van der Waals surface area contributed by atoms with Crippen LogP contribution in [0.1, 0.15) is 32.8 Å². The molecule has 0 saturated carbocycles. The lowest BCUT2D eigenvalue weighted by Gasteiger charge is -2.31. The van der Waals surface area contributed by atoms with Crippen LogP contribution in [0.3, 0.4) is 0 Å². The van der Waals surface area contributed by atoms with E-state index in [1.807, 2.05) is 18.2 Å². The number of hydrogen-bond donors (Lipinski definition) is 1. The largest absolute Gasteiger partial charge is 0.325 e. The fourth-order valence-electron chi connectivity index (χ4n) is 1.69. The summed E-state index contributed by atoms with van der Waals surface area (Å²) in [5.41, 5.74) is 7.28. The van der Waals surface area contributed by atoms with E-state index in [2.05, 4.69) is 26.8 Å². The van der Waals surface area contributed by atoms with Crippen molar-refractivity contribution in [2.24, 2.45) is 11.7 Å². The van der Waals surface area contributed by atoms with E-state index < -0.39 is 0 Å². The summed E-state index contributed by atoms with van der Waals surface area (Å²) >= 11 is 6.12. The van der Waals surface area contributed by atoms with Crippen LogP contribution >= 0.6 is 11.6 Å². The highest BCUT2D eigenvalue weighted by molar-refractivity contribution is 6.31.